The van der Waals surface area contributed by atoms with Gasteiger partial charge in [0.2, 0.25) is 11.8 Å². The molecule has 2 aliphatic rings. The molecule has 10 heteroatoms. The van der Waals surface area contributed by atoms with Crippen LogP contribution in [0, 0.1) is 0 Å². The molecule has 0 spiro atoms. The fraction of sp³-hybridized carbons (Fsp3) is 0.480. The molecule has 3 aromatic rings. The van der Waals surface area contributed by atoms with Crippen molar-refractivity contribution in [3.05, 3.63) is 42.0 Å². The maximum atomic E-state index is 11.7. The topological polar surface area (TPSA) is 101 Å². The van der Waals surface area contributed by atoms with Crippen molar-refractivity contribution >= 4 is 29.1 Å². The molecule has 2 aliphatic heterocycles. The van der Waals surface area contributed by atoms with E-state index in [2.05, 4.69) is 55.9 Å². The first-order valence-corrected chi connectivity index (χ1v) is 12.1. The molecule has 0 unspecified atom stereocenters. The van der Waals surface area contributed by atoms with Crippen LogP contribution in [0.4, 0.5) is 23.2 Å². The van der Waals surface area contributed by atoms with Crippen molar-refractivity contribution in [1.82, 2.24) is 20.1 Å². The van der Waals surface area contributed by atoms with Gasteiger partial charge in [0.1, 0.15) is 18.2 Å². The highest BCUT2D eigenvalue weighted by Gasteiger charge is 2.26. The summed E-state index contributed by atoms with van der Waals surface area (Å²) in [5.41, 5.74) is 3.20. The molecule has 0 radical (unpaired) electrons. The lowest BCUT2D eigenvalue weighted by Gasteiger charge is -2.30. The van der Waals surface area contributed by atoms with Crippen LogP contribution >= 0.6 is 0 Å². The molecular formula is C25H31N7O3. The minimum absolute atomic E-state index is 0.0145. The second-order valence-corrected chi connectivity index (χ2v) is 9.40. The first kappa shape index (κ1) is 23.1. The number of hydrogen-bond donors (Lipinski definition) is 0. The van der Waals surface area contributed by atoms with Crippen LogP contribution in [0.5, 0.6) is 5.88 Å². The molecule has 1 saturated heterocycles. The van der Waals surface area contributed by atoms with Gasteiger partial charge in [0.05, 0.1) is 0 Å². The van der Waals surface area contributed by atoms with E-state index in [1.54, 1.807) is 25.2 Å². The second-order valence-electron chi connectivity index (χ2n) is 9.40. The molecule has 0 atom stereocenters. The van der Waals surface area contributed by atoms with E-state index in [4.69, 9.17) is 9.26 Å². The van der Waals surface area contributed by atoms with Crippen molar-refractivity contribution in [2.24, 2.45) is 0 Å². The SMILES string of the molecule is CC(=O)N(C)c1ccc2c(c1)CCN2c1cc(OC2CCN(c3nc(C(C)C)no3)CC2)ncn1. The highest BCUT2D eigenvalue weighted by atomic mass is 16.5. The van der Waals surface area contributed by atoms with Crippen LogP contribution in [-0.4, -0.2) is 58.8 Å². The monoisotopic (exact) mass is 477 g/mol. The van der Waals surface area contributed by atoms with E-state index in [1.807, 2.05) is 12.1 Å². The predicted molar refractivity (Wildman–Crippen MR) is 133 cm³/mol. The van der Waals surface area contributed by atoms with E-state index >= 15 is 0 Å². The fourth-order valence-corrected chi connectivity index (χ4v) is 4.48. The molecule has 1 fully saturated rings. The van der Waals surface area contributed by atoms with E-state index in [0.717, 1.165) is 61.9 Å². The summed E-state index contributed by atoms with van der Waals surface area (Å²) < 4.78 is 11.7. The molecule has 0 N–H and O–H groups in total. The Kier molecular flexibility index (Phi) is 6.27. The average Bonchev–Trinajstić information content (AvgIpc) is 3.52. The first-order valence-electron chi connectivity index (χ1n) is 12.1. The van der Waals surface area contributed by atoms with Gasteiger partial charge in [-0.05, 0) is 30.2 Å². The largest absolute Gasteiger partial charge is 0.474 e. The van der Waals surface area contributed by atoms with Gasteiger partial charge in [-0.3, -0.25) is 4.79 Å². The average molecular weight is 478 g/mol. The van der Waals surface area contributed by atoms with Gasteiger partial charge in [-0.15, -0.1) is 0 Å². The molecule has 35 heavy (non-hydrogen) atoms. The standard InChI is InChI=1S/C25H31N7O3/c1-16(2)24-28-25(35-29-24)31-10-8-20(9-11-31)34-23-14-22(26-15-27-23)32-12-7-18-13-19(5-6-21(18)32)30(4)17(3)33/h5-6,13-16,20H,7-12H2,1-4H3. The number of nitrogens with zero attached hydrogens (tertiary/aromatic N) is 7. The van der Waals surface area contributed by atoms with Gasteiger partial charge in [0, 0.05) is 69.8 Å². The van der Waals surface area contributed by atoms with Crippen LogP contribution < -0.4 is 19.4 Å². The summed E-state index contributed by atoms with van der Waals surface area (Å²) in [6, 6.07) is 8.60. The number of benzene rings is 1. The number of rotatable bonds is 6. The summed E-state index contributed by atoms with van der Waals surface area (Å²) >= 11 is 0. The quantitative estimate of drug-likeness (QED) is 0.526. The van der Waals surface area contributed by atoms with E-state index in [9.17, 15) is 4.79 Å². The smallest absolute Gasteiger partial charge is 0.324 e. The van der Waals surface area contributed by atoms with E-state index in [-0.39, 0.29) is 17.9 Å². The zero-order chi connectivity index (χ0) is 24.5. The van der Waals surface area contributed by atoms with E-state index in [1.165, 1.54) is 5.56 Å². The first-order chi connectivity index (χ1) is 16.9. The Morgan fingerprint density at radius 1 is 1.17 bits per heavy atom. The number of carbonyl (C=O) groups excluding carboxylic acids is 1. The number of carbonyl (C=O) groups is 1. The summed E-state index contributed by atoms with van der Waals surface area (Å²) in [6.07, 6.45) is 4.20. The molecule has 1 amide bonds. The summed E-state index contributed by atoms with van der Waals surface area (Å²) in [7, 11) is 1.79. The normalized spacial score (nSPS) is 16.0. The van der Waals surface area contributed by atoms with Crippen molar-refractivity contribution in [2.45, 2.75) is 52.1 Å². The Morgan fingerprint density at radius 2 is 1.97 bits per heavy atom. The lowest BCUT2D eigenvalue weighted by molar-refractivity contribution is -0.116. The zero-order valence-electron chi connectivity index (χ0n) is 20.6. The Morgan fingerprint density at radius 3 is 2.69 bits per heavy atom. The molecular weight excluding hydrogens is 446 g/mol. The van der Waals surface area contributed by atoms with Crippen LogP contribution in [0.25, 0.3) is 0 Å². The third-order valence-electron chi connectivity index (χ3n) is 6.67. The highest BCUT2D eigenvalue weighted by molar-refractivity contribution is 5.91. The number of ether oxygens (including phenoxy) is 1. The van der Waals surface area contributed by atoms with Crippen LogP contribution in [0.3, 0.4) is 0 Å². The lowest BCUT2D eigenvalue weighted by Crippen LogP contribution is -2.38. The van der Waals surface area contributed by atoms with E-state index < -0.39 is 0 Å². The van der Waals surface area contributed by atoms with Crippen LogP contribution in [0.1, 0.15) is 50.9 Å². The maximum absolute atomic E-state index is 11.7. The van der Waals surface area contributed by atoms with Gasteiger partial charge in [-0.2, -0.15) is 4.98 Å². The van der Waals surface area contributed by atoms with Gasteiger partial charge in [-0.25, -0.2) is 9.97 Å². The Hall–Kier alpha value is -3.69. The van der Waals surface area contributed by atoms with Gasteiger partial charge < -0.3 is 24.0 Å². The Labute approximate surface area is 204 Å². The summed E-state index contributed by atoms with van der Waals surface area (Å²) in [6.45, 7) is 8.07. The van der Waals surface area contributed by atoms with E-state index in [0.29, 0.717) is 11.9 Å². The molecule has 2 aromatic heterocycles. The molecule has 0 bridgehead atoms. The number of hydrogen-bond acceptors (Lipinski definition) is 9. The van der Waals surface area contributed by atoms with Crippen molar-refractivity contribution in [3.8, 4) is 5.88 Å². The second kappa shape index (κ2) is 9.52. The lowest BCUT2D eigenvalue weighted by atomic mass is 10.1. The number of fused-ring (bicyclic) bond motifs is 1. The highest BCUT2D eigenvalue weighted by Crippen LogP contribution is 2.36. The molecule has 184 valence electrons. The van der Waals surface area contributed by atoms with Crippen LogP contribution in [0.2, 0.25) is 0 Å². The number of piperidine rings is 1. The minimum atomic E-state index is 0.0145. The Balaban J connectivity index is 1.23. The van der Waals surface area contributed by atoms with Crippen molar-refractivity contribution < 1.29 is 14.1 Å². The third-order valence-corrected chi connectivity index (χ3v) is 6.67. The maximum Gasteiger partial charge on any atom is 0.324 e. The minimum Gasteiger partial charge on any atom is -0.474 e. The van der Waals surface area contributed by atoms with Gasteiger partial charge >= 0.3 is 6.01 Å². The molecule has 10 nitrogen and oxygen atoms in total. The molecule has 0 aliphatic carbocycles. The Bertz CT molecular complexity index is 1200. The van der Waals surface area contributed by atoms with Crippen molar-refractivity contribution in [1.29, 1.82) is 0 Å². The van der Waals surface area contributed by atoms with Crippen molar-refractivity contribution in [3.63, 3.8) is 0 Å². The molecule has 4 heterocycles. The van der Waals surface area contributed by atoms with Gasteiger partial charge in [0.15, 0.2) is 5.82 Å². The number of aromatic nitrogens is 4. The van der Waals surface area contributed by atoms with Crippen LogP contribution in [-0.2, 0) is 11.2 Å². The zero-order valence-corrected chi connectivity index (χ0v) is 20.6. The fourth-order valence-electron chi connectivity index (χ4n) is 4.48. The van der Waals surface area contributed by atoms with Crippen LogP contribution in [0.15, 0.2) is 35.1 Å². The summed E-state index contributed by atoms with van der Waals surface area (Å²) in [5, 5.41) is 4.06. The van der Waals surface area contributed by atoms with Crippen molar-refractivity contribution in [2.75, 3.05) is 41.4 Å². The predicted octanol–water partition coefficient (Wildman–Crippen LogP) is 3.71. The third kappa shape index (κ3) is 4.78. The summed E-state index contributed by atoms with van der Waals surface area (Å²) in [5.74, 6) is 2.38. The number of anilines is 4. The molecule has 1 aromatic carbocycles. The van der Waals surface area contributed by atoms with Gasteiger partial charge in [0.25, 0.3) is 0 Å². The van der Waals surface area contributed by atoms with Gasteiger partial charge in [-0.1, -0.05) is 19.0 Å². The summed E-state index contributed by atoms with van der Waals surface area (Å²) in [4.78, 5) is 31.0. The number of amides is 1. The molecule has 5 rings (SSSR count). The molecule has 0 saturated carbocycles.